The van der Waals surface area contributed by atoms with E-state index in [2.05, 4.69) is 20.9 Å². The van der Waals surface area contributed by atoms with E-state index in [9.17, 15) is 4.79 Å². The summed E-state index contributed by atoms with van der Waals surface area (Å²) in [7, 11) is 1.74. The first-order valence-electron chi connectivity index (χ1n) is 5.71. The molecule has 92 valence electrons. The van der Waals surface area contributed by atoms with E-state index in [-0.39, 0.29) is 10.4 Å². The molecule has 17 heavy (non-hydrogen) atoms. The fourth-order valence-electron chi connectivity index (χ4n) is 1.59. The molecule has 4 heteroatoms. The number of alkyl halides is 1. The summed E-state index contributed by atoms with van der Waals surface area (Å²) >= 11 is 3.43. The van der Waals surface area contributed by atoms with Gasteiger partial charge in [0.05, 0.1) is 15.7 Å². The lowest BCUT2D eigenvalue weighted by Crippen LogP contribution is -2.22. The number of rotatable bonds is 1. The van der Waals surface area contributed by atoms with Crippen molar-refractivity contribution in [2.45, 2.75) is 25.6 Å². The van der Waals surface area contributed by atoms with E-state index >= 15 is 0 Å². The molecule has 1 aromatic carbocycles. The van der Waals surface area contributed by atoms with Crippen LogP contribution in [0.1, 0.15) is 31.4 Å². The highest BCUT2D eigenvalue weighted by atomic mass is 79.9. The first kappa shape index (κ1) is 13.9. The highest BCUT2D eigenvalue weighted by Gasteiger charge is 2.10. The average Bonchev–Trinajstić information content (AvgIpc) is 2.36. The second-order valence-electron chi connectivity index (χ2n) is 3.47. The van der Waals surface area contributed by atoms with Gasteiger partial charge in [0.1, 0.15) is 5.82 Å². The first-order valence-corrected chi connectivity index (χ1v) is 6.62. The normalized spacial score (nSPS) is 11.8. The van der Waals surface area contributed by atoms with Crippen LogP contribution in [-0.2, 0) is 7.05 Å². The molecule has 0 saturated carbocycles. The van der Waals surface area contributed by atoms with Crippen molar-refractivity contribution in [3.63, 3.8) is 0 Å². The molecule has 0 N–H and O–H groups in total. The van der Waals surface area contributed by atoms with Crippen molar-refractivity contribution in [3.05, 3.63) is 40.4 Å². The summed E-state index contributed by atoms with van der Waals surface area (Å²) in [6.07, 6.45) is 0. The van der Waals surface area contributed by atoms with Gasteiger partial charge in [-0.05, 0) is 19.1 Å². The monoisotopic (exact) mass is 296 g/mol. The predicted octanol–water partition coefficient (Wildman–Crippen LogP) is 3.42. The summed E-state index contributed by atoms with van der Waals surface area (Å²) in [5.41, 5.74) is 0.754. The van der Waals surface area contributed by atoms with Gasteiger partial charge in [-0.25, -0.2) is 4.98 Å². The minimum absolute atomic E-state index is 0.00176. The summed E-state index contributed by atoms with van der Waals surface area (Å²) in [6, 6.07) is 7.39. The largest absolute Gasteiger partial charge is 0.298 e. The van der Waals surface area contributed by atoms with Gasteiger partial charge in [0.2, 0.25) is 0 Å². The minimum Gasteiger partial charge on any atom is -0.298 e. The lowest BCUT2D eigenvalue weighted by Gasteiger charge is -2.10. The van der Waals surface area contributed by atoms with Crippen LogP contribution in [0.4, 0.5) is 0 Å². The summed E-state index contributed by atoms with van der Waals surface area (Å²) in [5.74, 6) is 0.749. The van der Waals surface area contributed by atoms with Gasteiger partial charge in [-0.2, -0.15) is 0 Å². The van der Waals surface area contributed by atoms with E-state index in [1.165, 1.54) is 0 Å². The number of benzene rings is 1. The van der Waals surface area contributed by atoms with Crippen molar-refractivity contribution in [1.29, 1.82) is 0 Å². The molecule has 0 amide bonds. The van der Waals surface area contributed by atoms with Gasteiger partial charge in [-0.3, -0.25) is 9.36 Å². The number of halogens is 1. The van der Waals surface area contributed by atoms with Crippen LogP contribution in [0.5, 0.6) is 0 Å². The Morgan fingerprint density at radius 1 is 1.29 bits per heavy atom. The molecule has 0 radical (unpaired) electrons. The first-order chi connectivity index (χ1) is 8.11. The summed E-state index contributed by atoms with van der Waals surface area (Å²) in [4.78, 5) is 16.5. The zero-order valence-corrected chi connectivity index (χ0v) is 12.2. The van der Waals surface area contributed by atoms with Crippen LogP contribution in [0.2, 0.25) is 0 Å². The molecule has 1 aromatic heterocycles. The average molecular weight is 297 g/mol. The van der Waals surface area contributed by atoms with Gasteiger partial charge in [0, 0.05) is 7.05 Å². The summed E-state index contributed by atoms with van der Waals surface area (Å²) in [6.45, 7) is 5.95. The van der Waals surface area contributed by atoms with Gasteiger partial charge in [0.25, 0.3) is 5.56 Å². The molecule has 0 spiro atoms. The Kier molecular flexibility index (Phi) is 4.87. The zero-order valence-electron chi connectivity index (χ0n) is 10.6. The van der Waals surface area contributed by atoms with Crippen LogP contribution in [0.15, 0.2) is 29.1 Å². The highest BCUT2D eigenvalue weighted by molar-refractivity contribution is 9.09. The Hall–Kier alpha value is -1.16. The van der Waals surface area contributed by atoms with Crippen LogP contribution in [0.3, 0.4) is 0 Å². The Bertz CT molecular complexity index is 561. The second kappa shape index (κ2) is 5.96. The minimum atomic E-state index is 0.00176. The van der Waals surface area contributed by atoms with Gasteiger partial charge in [-0.15, -0.1) is 0 Å². The number of hydrogen-bond acceptors (Lipinski definition) is 2. The van der Waals surface area contributed by atoms with Crippen molar-refractivity contribution in [2.24, 2.45) is 7.05 Å². The molecule has 0 aliphatic rings. The molecular formula is C13H17BrN2O. The number of hydrogen-bond donors (Lipinski definition) is 0. The Balaban J connectivity index is 0.000000686. The SMILES string of the molecule is CC.CC(Br)c1nc2ccccc2c(=O)n1C. The van der Waals surface area contributed by atoms with Crippen LogP contribution in [0.25, 0.3) is 10.9 Å². The number of aromatic nitrogens is 2. The van der Waals surface area contributed by atoms with E-state index in [1.807, 2.05) is 39.0 Å². The molecule has 0 aliphatic carbocycles. The molecule has 1 heterocycles. The topological polar surface area (TPSA) is 34.9 Å². The van der Waals surface area contributed by atoms with E-state index < -0.39 is 0 Å². The summed E-state index contributed by atoms with van der Waals surface area (Å²) in [5, 5.41) is 0.664. The van der Waals surface area contributed by atoms with Crippen LogP contribution in [0, 0.1) is 0 Å². The van der Waals surface area contributed by atoms with Crippen molar-refractivity contribution in [3.8, 4) is 0 Å². The highest BCUT2D eigenvalue weighted by Crippen LogP contribution is 2.19. The third-order valence-corrected chi connectivity index (χ3v) is 2.78. The molecular weight excluding hydrogens is 280 g/mol. The van der Waals surface area contributed by atoms with Crippen molar-refractivity contribution in [2.75, 3.05) is 0 Å². The van der Waals surface area contributed by atoms with Gasteiger partial charge < -0.3 is 0 Å². The third kappa shape index (κ3) is 2.75. The molecule has 0 aliphatic heterocycles. The lowest BCUT2D eigenvalue weighted by atomic mass is 10.2. The molecule has 1 unspecified atom stereocenters. The van der Waals surface area contributed by atoms with E-state index in [0.717, 1.165) is 11.3 Å². The second-order valence-corrected chi connectivity index (χ2v) is 4.84. The standard InChI is InChI=1S/C11H11BrN2O.C2H6/c1-7(12)10-13-9-6-4-3-5-8(9)11(15)14(10)2;1-2/h3-7H,1-2H3;1-2H3. The van der Waals surface area contributed by atoms with Crippen molar-refractivity contribution in [1.82, 2.24) is 9.55 Å². The maximum absolute atomic E-state index is 12.0. The quantitative estimate of drug-likeness (QED) is 0.756. The molecule has 0 fully saturated rings. The Morgan fingerprint density at radius 2 is 1.88 bits per heavy atom. The predicted molar refractivity (Wildman–Crippen MR) is 75.7 cm³/mol. The molecule has 1 atom stereocenters. The fourth-order valence-corrected chi connectivity index (χ4v) is 2.00. The molecule has 3 nitrogen and oxygen atoms in total. The molecule has 2 rings (SSSR count). The summed E-state index contributed by atoms with van der Waals surface area (Å²) < 4.78 is 1.59. The van der Waals surface area contributed by atoms with Crippen LogP contribution in [-0.4, -0.2) is 9.55 Å². The zero-order chi connectivity index (χ0) is 13.0. The Morgan fingerprint density at radius 3 is 2.47 bits per heavy atom. The van der Waals surface area contributed by atoms with Crippen molar-refractivity contribution >= 4 is 26.8 Å². The molecule has 0 bridgehead atoms. The smallest absolute Gasteiger partial charge is 0.261 e. The van der Waals surface area contributed by atoms with Crippen molar-refractivity contribution < 1.29 is 0 Å². The fraction of sp³-hybridized carbons (Fsp3) is 0.385. The van der Waals surface area contributed by atoms with Gasteiger partial charge >= 0.3 is 0 Å². The maximum atomic E-state index is 12.0. The van der Waals surface area contributed by atoms with Crippen LogP contribution >= 0.6 is 15.9 Å². The Labute approximate surface area is 110 Å². The van der Waals surface area contributed by atoms with E-state index in [0.29, 0.717) is 5.39 Å². The number of para-hydroxylation sites is 1. The van der Waals surface area contributed by atoms with E-state index in [4.69, 9.17) is 0 Å². The molecule has 2 aromatic rings. The molecule has 0 saturated heterocycles. The van der Waals surface area contributed by atoms with Gasteiger partial charge in [-0.1, -0.05) is 41.9 Å². The third-order valence-electron chi connectivity index (χ3n) is 2.37. The number of fused-ring (bicyclic) bond motifs is 1. The maximum Gasteiger partial charge on any atom is 0.261 e. The van der Waals surface area contributed by atoms with Gasteiger partial charge in [0.15, 0.2) is 0 Å². The lowest BCUT2D eigenvalue weighted by molar-refractivity contribution is 0.749. The van der Waals surface area contributed by atoms with E-state index in [1.54, 1.807) is 17.7 Å². The number of nitrogens with zero attached hydrogens (tertiary/aromatic N) is 2. The van der Waals surface area contributed by atoms with Crippen LogP contribution < -0.4 is 5.56 Å².